The normalized spacial score (nSPS) is 12.0. The van der Waals surface area contributed by atoms with Crippen molar-refractivity contribution in [2.45, 2.75) is 13.5 Å². The Balaban J connectivity index is 2.35. The minimum absolute atomic E-state index is 0.0998. The zero-order valence-electron chi connectivity index (χ0n) is 11.9. The van der Waals surface area contributed by atoms with Crippen molar-refractivity contribution in [3.63, 3.8) is 0 Å². The lowest BCUT2D eigenvalue weighted by atomic mass is 10.2. The van der Waals surface area contributed by atoms with Crippen LogP contribution < -0.4 is 4.74 Å². The molecule has 5 heteroatoms. The molecule has 0 aliphatic rings. The van der Waals surface area contributed by atoms with E-state index < -0.39 is 0 Å². The van der Waals surface area contributed by atoms with Crippen molar-refractivity contribution in [2.24, 2.45) is 5.92 Å². The Morgan fingerprint density at radius 2 is 1.89 bits per heavy atom. The molecule has 0 N–H and O–H groups in total. The Kier molecular flexibility index (Phi) is 6.32. The van der Waals surface area contributed by atoms with Gasteiger partial charge in [-0.3, -0.25) is 9.63 Å². The molecule has 0 fully saturated rings. The Morgan fingerprint density at radius 3 is 2.42 bits per heavy atom. The van der Waals surface area contributed by atoms with Gasteiger partial charge in [0.05, 0.1) is 33.4 Å². The summed E-state index contributed by atoms with van der Waals surface area (Å²) in [6.45, 7) is 2.64. The number of nitrogens with zero attached hydrogens (tertiary/aromatic N) is 1. The van der Waals surface area contributed by atoms with Gasteiger partial charge in [0, 0.05) is 7.05 Å². The number of hydrogen-bond donors (Lipinski definition) is 0. The fourth-order valence-corrected chi connectivity index (χ4v) is 1.55. The summed E-state index contributed by atoms with van der Waals surface area (Å²) in [5, 5.41) is 1.21. The molecule has 0 aliphatic carbocycles. The molecule has 19 heavy (non-hydrogen) atoms. The number of ether oxygens (including phenoxy) is 2. The number of hydroxylamine groups is 2. The average molecular weight is 267 g/mol. The van der Waals surface area contributed by atoms with Gasteiger partial charge in [0.25, 0.3) is 5.91 Å². The smallest absolute Gasteiger partial charge is 0.250 e. The molecule has 0 unspecified atom stereocenters. The van der Waals surface area contributed by atoms with Crippen molar-refractivity contribution < 1.29 is 19.1 Å². The summed E-state index contributed by atoms with van der Waals surface area (Å²) in [6.07, 6.45) is 0. The summed E-state index contributed by atoms with van der Waals surface area (Å²) < 4.78 is 10.6. The van der Waals surface area contributed by atoms with E-state index in [0.717, 1.165) is 11.3 Å². The molecule has 1 amide bonds. The summed E-state index contributed by atoms with van der Waals surface area (Å²) in [6, 6.07) is 7.64. The van der Waals surface area contributed by atoms with Crippen molar-refractivity contribution in [1.82, 2.24) is 5.06 Å². The Bertz CT molecular complexity index is 391. The highest BCUT2D eigenvalue weighted by Crippen LogP contribution is 2.12. The number of methoxy groups -OCH3 is 1. The number of carbonyl (C=O) groups is 1. The largest absolute Gasteiger partial charge is 0.497 e. The third-order valence-corrected chi connectivity index (χ3v) is 2.80. The van der Waals surface area contributed by atoms with Crippen LogP contribution in [0.4, 0.5) is 0 Å². The van der Waals surface area contributed by atoms with Crippen LogP contribution in [0.2, 0.25) is 0 Å². The van der Waals surface area contributed by atoms with Gasteiger partial charge in [-0.1, -0.05) is 19.1 Å². The molecule has 0 saturated carbocycles. The summed E-state index contributed by atoms with van der Waals surface area (Å²) >= 11 is 0. The molecule has 5 nitrogen and oxygen atoms in total. The molecule has 106 valence electrons. The van der Waals surface area contributed by atoms with Crippen LogP contribution in [0.15, 0.2) is 24.3 Å². The maximum Gasteiger partial charge on any atom is 0.250 e. The van der Waals surface area contributed by atoms with Crippen LogP contribution in [0.25, 0.3) is 0 Å². The zero-order valence-corrected chi connectivity index (χ0v) is 11.9. The predicted octanol–water partition coefficient (Wildman–Crippen LogP) is 1.87. The fraction of sp³-hybridized carbons (Fsp3) is 0.500. The molecule has 0 saturated heterocycles. The molecule has 0 aliphatic heterocycles. The molecule has 0 heterocycles. The molecule has 0 bridgehead atoms. The van der Waals surface area contributed by atoms with E-state index in [9.17, 15) is 4.79 Å². The SMILES string of the molecule is COc1ccc(COC[C@H](C)C(=O)N(C)OC)cc1. The van der Waals surface area contributed by atoms with Crippen LogP contribution in [0.3, 0.4) is 0 Å². The average Bonchev–Trinajstić information content (AvgIpc) is 2.46. The number of carbonyl (C=O) groups excluding carboxylic acids is 1. The van der Waals surface area contributed by atoms with E-state index in [1.165, 1.54) is 12.2 Å². The summed E-state index contributed by atoms with van der Waals surface area (Å²) in [7, 11) is 4.68. The maximum absolute atomic E-state index is 11.7. The first-order valence-corrected chi connectivity index (χ1v) is 6.10. The van der Waals surface area contributed by atoms with Crippen LogP contribution in [0.5, 0.6) is 5.75 Å². The van der Waals surface area contributed by atoms with E-state index in [4.69, 9.17) is 14.3 Å². The van der Waals surface area contributed by atoms with E-state index in [-0.39, 0.29) is 11.8 Å². The van der Waals surface area contributed by atoms with Gasteiger partial charge in [-0.15, -0.1) is 0 Å². The highest BCUT2D eigenvalue weighted by Gasteiger charge is 2.17. The second kappa shape index (κ2) is 7.76. The number of hydrogen-bond acceptors (Lipinski definition) is 4. The van der Waals surface area contributed by atoms with E-state index in [2.05, 4.69) is 0 Å². The first kappa shape index (κ1) is 15.5. The van der Waals surface area contributed by atoms with Crippen LogP contribution in [-0.4, -0.2) is 38.8 Å². The van der Waals surface area contributed by atoms with Gasteiger partial charge in [0.15, 0.2) is 0 Å². The number of amides is 1. The second-order valence-corrected chi connectivity index (χ2v) is 4.28. The summed E-state index contributed by atoms with van der Waals surface area (Å²) in [5.41, 5.74) is 1.04. The van der Waals surface area contributed by atoms with Gasteiger partial charge in [-0.25, -0.2) is 5.06 Å². The van der Waals surface area contributed by atoms with Gasteiger partial charge < -0.3 is 9.47 Å². The topological polar surface area (TPSA) is 48.0 Å². The van der Waals surface area contributed by atoms with Crippen molar-refractivity contribution in [1.29, 1.82) is 0 Å². The number of rotatable bonds is 7. The van der Waals surface area contributed by atoms with E-state index in [1.54, 1.807) is 14.2 Å². The Labute approximate surface area is 114 Å². The van der Waals surface area contributed by atoms with Crippen LogP contribution in [0.1, 0.15) is 12.5 Å². The summed E-state index contributed by atoms with van der Waals surface area (Å²) in [4.78, 5) is 16.5. The fourth-order valence-electron chi connectivity index (χ4n) is 1.55. The molecule has 1 rings (SSSR count). The lowest BCUT2D eigenvalue weighted by Crippen LogP contribution is -2.32. The standard InChI is InChI=1S/C14H21NO4/c1-11(14(16)15(2)18-4)9-19-10-12-5-7-13(17-3)8-6-12/h5-8,11H,9-10H2,1-4H3/t11-/m0/s1. The molecule has 0 radical (unpaired) electrons. The minimum Gasteiger partial charge on any atom is -0.497 e. The van der Waals surface area contributed by atoms with Crippen molar-refractivity contribution >= 4 is 5.91 Å². The van der Waals surface area contributed by atoms with E-state index in [1.807, 2.05) is 31.2 Å². The lowest BCUT2D eigenvalue weighted by molar-refractivity contribution is -0.174. The van der Waals surface area contributed by atoms with Crippen molar-refractivity contribution in [3.05, 3.63) is 29.8 Å². The first-order chi connectivity index (χ1) is 9.08. The number of benzene rings is 1. The zero-order chi connectivity index (χ0) is 14.3. The van der Waals surface area contributed by atoms with Gasteiger partial charge in [-0.2, -0.15) is 0 Å². The second-order valence-electron chi connectivity index (χ2n) is 4.28. The molecule has 0 spiro atoms. The first-order valence-electron chi connectivity index (χ1n) is 6.10. The van der Waals surface area contributed by atoms with Crippen molar-refractivity contribution in [3.8, 4) is 5.75 Å². The molecule has 1 aromatic carbocycles. The predicted molar refractivity (Wildman–Crippen MR) is 71.6 cm³/mol. The van der Waals surface area contributed by atoms with E-state index in [0.29, 0.717) is 13.2 Å². The monoisotopic (exact) mass is 267 g/mol. The quantitative estimate of drug-likeness (QED) is 0.708. The lowest BCUT2D eigenvalue weighted by Gasteiger charge is -2.18. The van der Waals surface area contributed by atoms with E-state index >= 15 is 0 Å². The minimum atomic E-state index is -0.233. The third kappa shape index (κ3) is 4.89. The van der Waals surface area contributed by atoms with Crippen molar-refractivity contribution in [2.75, 3.05) is 27.9 Å². The third-order valence-electron chi connectivity index (χ3n) is 2.80. The Hall–Kier alpha value is -1.59. The molecular formula is C14H21NO4. The summed E-state index contributed by atoms with van der Waals surface area (Å²) in [5.74, 6) is 0.481. The molecule has 1 aromatic rings. The van der Waals surface area contributed by atoms with Crippen LogP contribution in [0, 0.1) is 5.92 Å². The van der Waals surface area contributed by atoms with Gasteiger partial charge in [-0.05, 0) is 17.7 Å². The maximum atomic E-state index is 11.7. The molecule has 1 atom stereocenters. The van der Waals surface area contributed by atoms with Gasteiger partial charge >= 0.3 is 0 Å². The van der Waals surface area contributed by atoms with Crippen LogP contribution in [-0.2, 0) is 21.0 Å². The highest BCUT2D eigenvalue weighted by molar-refractivity contribution is 5.77. The molecule has 0 aromatic heterocycles. The molecular weight excluding hydrogens is 246 g/mol. The van der Waals surface area contributed by atoms with Crippen LogP contribution >= 0.6 is 0 Å². The Morgan fingerprint density at radius 1 is 1.26 bits per heavy atom. The highest BCUT2D eigenvalue weighted by atomic mass is 16.7. The van der Waals surface area contributed by atoms with Gasteiger partial charge in [0.2, 0.25) is 0 Å². The van der Waals surface area contributed by atoms with Gasteiger partial charge in [0.1, 0.15) is 5.75 Å².